The smallest absolute Gasteiger partial charge is 0.180 e. The van der Waals surface area contributed by atoms with E-state index in [1.807, 2.05) is 60.4 Å². The van der Waals surface area contributed by atoms with Crippen molar-refractivity contribution in [3.63, 3.8) is 0 Å². The van der Waals surface area contributed by atoms with Crippen LogP contribution in [-0.2, 0) is 0 Å². The predicted octanol–water partition coefficient (Wildman–Crippen LogP) is 2.44. The van der Waals surface area contributed by atoms with E-state index in [0.29, 0.717) is 0 Å². The molecule has 0 spiro atoms. The first kappa shape index (κ1) is 9.84. The molecule has 0 aliphatic rings. The third kappa shape index (κ3) is 1.73. The Labute approximate surface area is 98.9 Å². The van der Waals surface area contributed by atoms with Crippen LogP contribution in [0.1, 0.15) is 0 Å². The molecular weight excluding hydrogens is 212 g/mol. The molecule has 17 heavy (non-hydrogen) atoms. The van der Waals surface area contributed by atoms with E-state index in [-0.39, 0.29) is 0 Å². The quantitative estimate of drug-likeness (QED) is 0.727. The SMILES string of the molecule is CNc1cccc(-c2ncc3cccn3n2)c1. The first-order chi connectivity index (χ1) is 8.36. The summed E-state index contributed by atoms with van der Waals surface area (Å²) in [5.74, 6) is 0.728. The van der Waals surface area contributed by atoms with Crippen molar-refractivity contribution < 1.29 is 0 Å². The maximum absolute atomic E-state index is 4.46. The summed E-state index contributed by atoms with van der Waals surface area (Å²) in [7, 11) is 1.90. The molecule has 0 atom stereocenters. The van der Waals surface area contributed by atoms with Crippen molar-refractivity contribution >= 4 is 11.2 Å². The van der Waals surface area contributed by atoms with Gasteiger partial charge in [-0.1, -0.05) is 12.1 Å². The maximum Gasteiger partial charge on any atom is 0.180 e. The second-order valence-electron chi connectivity index (χ2n) is 3.79. The molecule has 0 fully saturated rings. The first-order valence-corrected chi connectivity index (χ1v) is 5.45. The standard InChI is InChI=1S/C13H12N4/c1-14-11-5-2-4-10(8-11)13-15-9-12-6-3-7-17(12)16-13/h2-9,14H,1H3. The van der Waals surface area contributed by atoms with Gasteiger partial charge in [0.1, 0.15) is 0 Å². The molecular formula is C13H12N4. The van der Waals surface area contributed by atoms with Gasteiger partial charge >= 0.3 is 0 Å². The number of nitrogens with one attached hydrogen (secondary N) is 1. The average Bonchev–Trinajstić information content (AvgIpc) is 2.86. The highest BCUT2D eigenvalue weighted by atomic mass is 15.2. The predicted molar refractivity (Wildman–Crippen MR) is 68.0 cm³/mol. The van der Waals surface area contributed by atoms with Crippen molar-refractivity contribution in [1.82, 2.24) is 14.6 Å². The maximum atomic E-state index is 4.46. The van der Waals surface area contributed by atoms with Crippen molar-refractivity contribution in [3.05, 3.63) is 48.8 Å². The zero-order chi connectivity index (χ0) is 11.7. The van der Waals surface area contributed by atoms with Gasteiger partial charge in [-0.3, -0.25) is 0 Å². The molecule has 2 heterocycles. The van der Waals surface area contributed by atoms with E-state index in [9.17, 15) is 0 Å². The number of fused-ring (bicyclic) bond motifs is 1. The number of hydrogen-bond acceptors (Lipinski definition) is 3. The van der Waals surface area contributed by atoms with Crippen molar-refractivity contribution in [2.45, 2.75) is 0 Å². The van der Waals surface area contributed by atoms with Crippen LogP contribution in [0.3, 0.4) is 0 Å². The van der Waals surface area contributed by atoms with Crippen molar-refractivity contribution in [2.24, 2.45) is 0 Å². The third-order valence-electron chi connectivity index (χ3n) is 2.69. The summed E-state index contributed by atoms with van der Waals surface area (Å²) in [6, 6.07) is 12.0. The Morgan fingerprint density at radius 1 is 1.18 bits per heavy atom. The molecule has 84 valence electrons. The Morgan fingerprint density at radius 3 is 3.00 bits per heavy atom. The lowest BCUT2D eigenvalue weighted by atomic mass is 10.2. The molecule has 0 aliphatic heterocycles. The largest absolute Gasteiger partial charge is 0.388 e. The zero-order valence-corrected chi connectivity index (χ0v) is 9.46. The van der Waals surface area contributed by atoms with Crippen LogP contribution in [0.25, 0.3) is 16.9 Å². The number of anilines is 1. The molecule has 3 aromatic rings. The number of nitrogens with zero attached hydrogens (tertiary/aromatic N) is 3. The summed E-state index contributed by atoms with van der Waals surface area (Å²) in [5, 5.41) is 7.57. The highest BCUT2D eigenvalue weighted by molar-refractivity contribution is 5.62. The second kappa shape index (κ2) is 3.90. The lowest BCUT2D eigenvalue weighted by molar-refractivity contribution is 0.913. The van der Waals surface area contributed by atoms with Gasteiger partial charge < -0.3 is 5.32 Å². The molecule has 4 heteroatoms. The Morgan fingerprint density at radius 2 is 2.12 bits per heavy atom. The molecule has 3 rings (SSSR count). The summed E-state index contributed by atoms with van der Waals surface area (Å²) in [4.78, 5) is 4.37. The van der Waals surface area contributed by atoms with Gasteiger partial charge in [-0.15, -0.1) is 5.10 Å². The minimum absolute atomic E-state index is 0.728. The molecule has 0 radical (unpaired) electrons. The van der Waals surface area contributed by atoms with E-state index >= 15 is 0 Å². The first-order valence-electron chi connectivity index (χ1n) is 5.45. The third-order valence-corrected chi connectivity index (χ3v) is 2.69. The summed E-state index contributed by atoms with van der Waals surface area (Å²) in [6.07, 6.45) is 3.75. The highest BCUT2D eigenvalue weighted by Crippen LogP contribution is 2.18. The van der Waals surface area contributed by atoms with E-state index < -0.39 is 0 Å². The Balaban J connectivity index is 2.12. The van der Waals surface area contributed by atoms with Crippen LogP contribution in [0.2, 0.25) is 0 Å². The van der Waals surface area contributed by atoms with Crippen molar-refractivity contribution in [1.29, 1.82) is 0 Å². The van der Waals surface area contributed by atoms with Gasteiger partial charge in [0, 0.05) is 24.5 Å². The van der Waals surface area contributed by atoms with Crippen molar-refractivity contribution in [3.8, 4) is 11.4 Å². The number of aromatic nitrogens is 3. The van der Waals surface area contributed by atoms with Gasteiger partial charge in [0.25, 0.3) is 0 Å². The van der Waals surface area contributed by atoms with E-state index in [0.717, 1.165) is 22.6 Å². The van der Waals surface area contributed by atoms with E-state index in [1.165, 1.54) is 0 Å². The Hall–Kier alpha value is -2.36. The molecule has 0 saturated carbocycles. The summed E-state index contributed by atoms with van der Waals surface area (Å²) in [6.45, 7) is 0. The topological polar surface area (TPSA) is 42.2 Å². The van der Waals surface area contributed by atoms with Crippen LogP contribution < -0.4 is 5.32 Å². The van der Waals surface area contributed by atoms with Gasteiger partial charge in [0.15, 0.2) is 5.82 Å². The average molecular weight is 224 g/mol. The number of hydrogen-bond donors (Lipinski definition) is 1. The van der Waals surface area contributed by atoms with Gasteiger partial charge in [0.2, 0.25) is 0 Å². The monoisotopic (exact) mass is 224 g/mol. The normalized spacial score (nSPS) is 10.6. The minimum Gasteiger partial charge on any atom is -0.388 e. The molecule has 0 amide bonds. The van der Waals surface area contributed by atoms with Gasteiger partial charge in [-0.05, 0) is 24.3 Å². The molecule has 0 aliphatic carbocycles. The van der Waals surface area contributed by atoms with Crippen LogP contribution in [-0.4, -0.2) is 21.6 Å². The lowest BCUT2D eigenvalue weighted by Crippen LogP contribution is -1.96. The highest BCUT2D eigenvalue weighted by Gasteiger charge is 2.03. The van der Waals surface area contributed by atoms with Gasteiger partial charge in [-0.25, -0.2) is 9.50 Å². The molecule has 0 unspecified atom stereocenters. The molecule has 0 bridgehead atoms. The van der Waals surface area contributed by atoms with Crippen LogP contribution in [0.15, 0.2) is 48.8 Å². The fraction of sp³-hybridized carbons (Fsp3) is 0.0769. The van der Waals surface area contributed by atoms with Gasteiger partial charge in [-0.2, -0.15) is 0 Å². The Kier molecular flexibility index (Phi) is 2.26. The molecule has 1 N–H and O–H groups in total. The van der Waals surface area contributed by atoms with Crippen molar-refractivity contribution in [2.75, 3.05) is 12.4 Å². The zero-order valence-electron chi connectivity index (χ0n) is 9.46. The van der Waals surface area contributed by atoms with Gasteiger partial charge in [0.05, 0.1) is 11.7 Å². The molecule has 4 nitrogen and oxygen atoms in total. The van der Waals surface area contributed by atoms with Crippen LogP contribution in [0, 0.1) is 0 Å². The van der Waals surface area contributed by atoms with E-state index in [4.69, 9.17) is 0 Å². The van der Waals surface area contributed by atoms with E-state index in [2.05, 4.69) is 15.4 Å². The van der Waals surface area contributed by atoms with Crippen LogP contribution in [0.4, 0.5) is 5.69 Å². The lowest BCUT2D eigenvalue weighted by Gasteiger charge is -2.04. The summed E-state index contributed by atoms with van der Waals surface area (Å²) < 4.78 is 1.83. The Bertz CT molecular complexity index is 657. The van der Waals surface area contributed by atoms with E-state index in [1.54, 1.807) is 0 Å². The van der Waals surface area contributed by atoms with Crippen LogP contribution in [0.5, 0.6) is 0 Å². The summed E-state index contributed by atoms with van der Waals surface area (Å²) >= 11 is 0. The number of rotatable bonds is 2. The molecule has 2 aromatic heterocycles. The molecule has 1 aromatic carbocycles. The fourth-order valence-electron chi connectivity index (χ4n) is 1.78. The second-order valence-corrected chi connectivity index (χ2v) is 3.79. The van der Waals surface area contributed by atoms with Crippen LogP contribution >= 0.6 is 0 Å². The molecule has 0 saturated heterocycles. The minimum atomic E-state index is 0.728. The number of benzene rings is 1. The fourth-order valence-corrected chi connectivity index (χ4v) is 1.78. The summed E-state index contributed by atoms with van der Waals surface area (Å²) in [5.41, 5.74) is 3.06.